The van der Waals surface area contributed by atoms with Crippen LogP contribution in [0.2, 0.25) is 5.15 Å². The number of ether oxygens (including phenoxy) is 1. The van der Waals surface area contributed by atoms with Gasteiger partial charge in [-0.1, -0.05) is 38.4 Å². The lowest BCUT2D eigenvalue weighted by Crippen LogP contribution is -2.16. The van der Waals surface area contributed by atoms with Gasteiger partial charge in [0.1, 0.15) is 10.8 Å². The van der Waals surface area contributed by atoms with Gasteiger partial charge in [-0.05, 0) is 22.0 Å². The van der Waals surface area contributed by atoms with Gasteiger partial charge in [0.25, 0.3) is 0 Å². The van der Waals surface area contributed by atoms with Crippen molar-refractivity contribution in [3.63, 3.8) is 0 Å². The van der Waals surface area contributed by atoms with Crippen LogP contribution in [-0.4, -0.2) is 22.1 Å². The molecular weight excluding hydrogens is 342 g/mol. The standard InChI is InChI=1S/C14H15BrClN3O/c1-14(2,3)11-10(15)12(16)19-13(18-11)8-6-5-7-9(17-8)20-4/h5-7H,1-4H3. The fourth-order valence-corrected chi connectivity index (χ4v) is 2.63. The summed E-state index contributed by atoms with van der Waals surface area (Å²) < 4.78 is 5.84. The van der Waals surface area contributed by atoms with E-state index in [1.54, 1.807) is 13.2 Å². The van der Waals surface area contributed by atoms with E-state index < -0.39 is 0 Å². The van der Waals surface area contributed by atoms with Crippen LogP contribution >= 0.6 is 27.5 Å². The molecule has 2 aromatic rings. The molecule has 0 aliphatic heterocycles. The van der Waals surface area contributed by atoms with E-state index in [4.69, 9.17) is 16.3 Å². The molecule has 2 aromatic heterocycles. The summed E-state index contributed by atoms with van der Waals surface area (Å²) in [7, 11) is 1.57. The number of aromatic nitrogens is 3. The molecule has 0 aliphatic carbocycles. The third-order valence-corrected chi connectivity index (χ3v) is 3.94. The summed E-state index contributed by atoms with van der Waals surface area (Å²) in [6.45, 7) is 6.21. The van der Waals surface area contributed by atoms with Gasteiger partial charge in [0.2, 0.25) is 5.88 Å². The highest BCUT2D eigenvalue weighted by atomic mass is 79.9. The van der Waals surface area contributed by atoms with E-state index >= 15 is 0 Å². The maximum Gasteiger partial charge on any atom is 0.213 e. The second-order valence-electron chi connectivity index (χ2n) is 5.32. The van der Waals surface area contributed by atoms with Crippen LogP contribution in [0, 0.1) is 0 Å². The molecule has 0 unspecified atom stereocenters. The SMILES string of the molecule is COc1cccc(-c2nc(Cl)c(Br)c(C(C)(C)C)n2)n1. The van der Waals surface area contributed by atoms with Crippen molar-refractivity contribution in [2.75, 3.05) is 7.11 Å². The van der Waals surface area contributed by atoms with Gasteiger partial charge in [0.15, 0.2) is 5.82 Å². The van der Waals surface area contributed by atoms with Gasteiger partial charge in [-0.15, -0.1) is 0 Å². The number of halogens is 2. The van der Waals surface area contributed by atoms with E-state index in [0.29, 0.717) is 22.6 Å². The van der Waals surface area contributed by atoms with Crippen LogP contribution in [0.1, 0.15) is 26.5 Å². The van der Waals surface area contributed by atoms with Gasteiger partial charge in [-0.25, -0.2) is 15.0 Å². The first kappa shape index (κ1) is 15.2. The summed E-state index contributed by atoms with van der Waals surface area (Å²) in [6.07, 6.45) is 0. The predicted molar refractivity (Wildman–Crippen MR) is 83.2 cm³/mol. The quantitative estimate of drug-likeness (QED) is 0.754. The molecule has 0 radical (unpaired) electrons. The summed E-state index contributed by atoms with van der Waals surface area (Å²) in [4.78, 5) is 13.2. The van der Waals surface area contributed by atoms with E-state index in [-0.39, 0.29) is 5.41 Å². The Labute approximate surface area is 131 Å². The van der Waals surface area contributed by atoms with Gasteiger partial charge in [0, 0.05) is 11.5 Å². The van der Waals surface area contributed by atoms with E-state index in [1.807, 2.05) is 12.1 Å². The van der Waals surface area contributed by atoms with Crippen molar-refractivity contribution in [2.24, 2.45) is 0 Å². The van der Waals surface area contributed by atoms with Crippen LogP contribution in [0.4, 0.5) is 0 Å². The van der Waals surface area contributed by atoms with Crippen LogP contribution in [-0.2, 0) is 5.41 Å². The normalized spacial score (nSPS) is 11.5. The zero-order valence-corrected chi connectivity index (χ0v) is 14.1. The molecule has 20 heavy (non-hydrogen) atoms. The highest BCUT2D eigenvalue weighted by molar-refractivity contribution is 9.10. The first-order valence-corrected chi connectivity index (χ1v) is 7.25. The number of methoxy groups -OCH3 is 1. The Kier molecular flexibility index (Phi) is 4.30. The average molecular weight is 357 g/mol. The van der Waals surface area contributed by atoms with Gasteiger partial charge >= 0.3 is 0 Å². The van der Waals surface area contributed by atoms with Crippen molar-refractivity contribution in [2.45, 2.75) is 26.2 Å². The van der Waals surface area contributed by atoms with Crippen LogP contribution in [0.3, 0.4) is 0 Å². The van der Waals surface area contributed by atoms with E-state index in [1.165, 1.54) is 0 Å². The van der Waals surface area contributed by atoms with Crippen LogP contribution in [0.25, 0.3) is 11.5 Å². The van der Waals surface area contributed by atoms with E-state index in [9.17, 15) is 0 Å². The van der Waals surface area contributed by atoms with Crippen molar-refractivity contribution in [3.05, 3.63) is 33.5 Å². The fourth-order valence-electron chi connectivity index (χ4n) is 1.68. The largest absolute Gasteiger partial charge is 0.481 e. The molecule has 0 saturated heterocycles. The smallest absolute Gasteiger partial charge is 0.213 e. The molecule has 0 amide bonds. The number of nitrogens with zero attached hydrogens (tertiary/aromatic N) is 3. The molecule has 106 valence electrons. The Morgan fingerprint density at radius 3 is 2.45 bits per heavy atom. The topological polar surface area (TPSA) is 47.9 Å². The summed E-state index contributed by atoms with van der Waals surface area (Å²) in [6, 6.07) is 5.44. The molecule has 2 heterocycles. The van der Waals surface area contributed by atoms with Crippen LogP contribution < -0.4 is 4.74 Å². The third-order valence-electron chi connectivity index (χ3n) is 2.68. The number of hydrogen-bond acceptors (Lipinski definition) is 4. The maximum absolute atomic E-state index is 6.19. The van der Waals surface area contributed by atoms with Crippen molar-refractivity contribution in [1.29, 1.82) is 0 Å². The molecule has 0 atom stereocenters. The monoisotopic (exact) mass is 355 g/mol. The zero-order valence-electron chi connectivity index (χ0n) is 11.7. The maximum atomic E-state index is 6.19. The first-order valence-electron chi connectivity index (χ1n) is 6.08. The van der Waals surface area contributed by atoms with Crippen LogP contribution in [0.15, 0.2) is 22.7 Å². The number of pyridine rings is 1. The average Bonchev–Trinajstić information content (AvgIpc) is 2.40. The lowest BCUT2D eigenvalue weighted by molar-refractivity contribution is 0.398. The Balaban J connectivity index is 2.60. The Morgan fingerprint density at radius 2 is 1.85 bits per heavy atom. The Bertz CT molecular complexity index is 641. The Hall–Kier alpha value is -1.20. The molecular formula is C14H15BrClN3O. The van der Waals surface area contributed by atoms with Gasteiger partial charge in [0.05, 0.1) is 17.3 Å². The lowest BCUT2D eigenvalue weighted by atomic mass is 9.92. The zero-order chi connectivity index (χ0) is 14.9. The molecule has 2 rings (SSSR count). The minimum absolute atomic E-state index is 0.154. The Morgan fingerprint density at radius 1 is 1.15 bits per heavy atom. The summed E-state index contributed by atoms with van der Waals surface area (Å²) in [5, 5.41) is 0.379. The predicted octanol–water partition coefficient (Wildman–Crippen LogP) is 4.26. The summed E-state index contributed by atoms with van der Waals surface area (Å²) >= 11 is 9.64. The number of hydrogen-bond donors (Lipinski definition) is 0. The molecule has 0 aliphatic rings. The van der Waals surface area contributed by atoms with Crippen molar-refractivity contribution >= 4 is 27.5 Å². The third kappa shape index (κ3) is 3.10. The molecule has 0 bridgehead atoms. The fraction of sp³-hybridized carbons (Fsp3) is 0.357. The summed E-state index contributed by atoms with van der Waals surface area (Å²) in [5.41, 5.74) is 1.32. The minimum atomic E-state index is -0.154. The van der Waals surface area contributed by atoms with Crippen molar-refractivity contribution in [3.8, 4) is 17.4 Å². The molecule has 0 aromatic carbocycles. The highest BCUT2D eigenvalue weighted by Crippen LogP contribution is 2.33. The molecule has 0 saturated carbocycles. The number of rotatable bonds is 2. The first-order chi connectivity index (χ1) is 9.32. The molecule has 6 heteroatoms. The lowest BCUT2D eigenvalue weighted by Gasteiger charge is -2.20. The summed E-state index contributed by atoms with van der Waals surface area (Å²) in [5.74, 6) is 1.00. The second-order valence-corrected chi connectivity index (χ2v) is 6.47. The van der Waals surface area contributed by atoms with Crippen molar-refractivity contribution < 1.29 is 4.74 Å². The van der Waals surface area contributed by atoms with Gasteiger partial charge in [-0.3, -0.25) is 0 Å². The molecule has 0 spiro atoms. The van der Waals surface area contributed by atoms with E-state index in [2.05, 4.69) is 51.7 Å². The second kappa shape index (κ2) is 5.66. The molecule has 0 fully saturated rings. The van der Waals surface area contributed by atoms with Crippen LogP contribution in [0.5, 0.6) is 5.88 Å². The van der Waals surface area contributed by atoms with Gasteiger partial charge in [-0.2, -0.15) is 0 Å². The molecule has 4 nitrogen and oxygen atoms in total. The minimum Gasteiger partial charge on any atom is -0.481 e. The van der Waals surface area contributed by atoms with E-state index in [0.717, 1.165) is 10.2 Å². The highest BCUT2D eigenvalue weighted by Gasteiger charge is 2.23. The van der Waals surface area contributed by atoms with Gasteiger partial charge < -0.3 is 4.74 Å². The molecule has 0 N–H and O–H groups in total. The van der Waals surface area contributed by atoms with Crippen molar-refractivity contribution in [1.82, 2.24) is 15.0 Å².